The Bertz CT molecular complexity index is 202. The number of hydrogen-bond donors (Lipinski definition) is 2. The third-order valence-corrected chi connectivity index (χ3v) is 2.09. The van der Waals surface area contributed by atoms with Crippen molar-refractivity contribution in [3.05, 3.63) is 0 Å². The van der Waals surface area contributed by atoms with Crippen LogP contribution in [-0.4, -0.2) is 30.7 Å². The fourth-order valence-electron chi connectivity index (χ4n) is 1.22. The topological polar surface area (TPSA) is 64.4 Å². The van der Waals surface area contributed by atoms with E-state index in [4.69, 9.17) is 10.5 Å². The third kappa shape index (κ3) is 4.19. The molecule has 1 unspecified atom stereocenters. The molecule has 4 nitrogen and oxygen atoms in total. The van der Waals surface area contributed by atoms with Crippen LogP contribution in [0.4, 0.5) is 0 Å². The van der Waals surface area contributed by atoms with Crippen molar-refractivity contribution in [1.82, 2.24) is 5.32 Å². The van der Waals surface area contributed by atoms with Crippen molar-refractivity contribution in [1.29, 1.82) is 0 Å². The molecule has 0 spiro atoms. The van der Waals surface area contributed by atoms with Gasteiger partial charge in [-0.2, -0.15) is 0 Å². The van der Waals surface area contributed by atoms with E-state index in [2.05, 4.69) is 17.5 Å². The van der Waals surface area contributed by atoms with Crippen molar-refractivity contribution in [2.45, 2.75) is 12.8 Å². The summed E-state index contributed by atoms with van der Waals surface area (Å²) in [4.78, 5) is 11.3. The van der Waals surface area contributed by atoms with Crippen LogP contribution in [0.15, 0.2) is 0 Å². The summed E-state index contributed by atoms with van der Waals surface area (Å²) in [5, 5.41) is 2.77. The number of hydrogen-bond acceptors (Lipinski definition) is 3. The minimum Gasteiger partial charge on any atom is -0.393 e. The molecule has 0 aromatic heterocycles. The molecule has 1 atom stereocenters. The molecule has 1 aliphatic heterocycles. The monoisotopic (exact) mass is 202 g/mol. The molecular formula is C8H14N2O2S. The lowest BCUT2D eigenvalue weighted by molar-refractivity contribution is -0.120. The van der Waals surface area contributed by atoms with E-state index in [9.17, 15) is 4.79 Å². The number of carbonyl (C=O) groups is 1. The summed E-state index contributed by atoms with van der Waals surface area (Å²) in [6.45, 7) is 2.21. The molecule has 0 aromatic rings. The molecule has 1 fully saturated rings. The summed E-state index contributed by atoms with van der Waals surface area (Å²) in [5.74, 6) is 0.356. The van der Waals surface area contributed by atoms with Crippen LogP contribution < -0.4 is 11.1 Å². The Morgan fingerprint density at radius 3 is 3.00 bits per heavy atom. The van der Waals surface area contributed by atoms with Gasteiger partial charge in [-0.25, -0.2) is 0 Å². The number of rotatable bonds is 4. The number of thiocarbonyl (C=S) groups is 1. The minimum atomic E-state index is -0.0978. The van der Waals surface area contributed by atoms with Crippen molar-refractivity contribution >= 4 is 23.1 Å². The van der Waals surface area contributed by atoms with E-state index in [0.717, 1.165) is 19.6 Å². The van der Waals surface area contributed by atoms with Gasteiger partial charge in [0, 0.05) is 19.1 Å². The van der Waals surface area contributed by atoms with Gasteiger partial charge in [0.1, 0.15) is 0 Å². The quantitative estimate of drug-likeness (QED) is 0.620. The second kappa shape index (κ2) is 5.14. The first kappa shape index (κ1) is 10.4. The van der Waals surface area contributed by atoms with E-state index in [1.54, 1.807) is 0 Å². The second-order valence-corrected chi connectivity index (χ2v) is 3.70. The molecule has 0 saturated carbocycles. The Hall–Kier alpha value is -0.680. The fourth-order valence-corrected chi connectivity index (χ4v) is 1.35. The molecule has 1 aliphatic rings. The van der Waals surface area contributed by atoms with E-state index in [1.807, 2.05) is 0 Å². The molecule has 74 valence electrons. The maximum Gasteiger partial charge on any atom is 0.226 e. The van der Waals surface area contributed by atoms with Gasteiger partial charge in [0.2, 0.25) is 5.91 Å². The van der Waals surface area contributed by atoms with Crippen molar-refractivity contribution in [3.63, 3.8) is 0 Å². The third-order valence-electron chi connectivity index (χ3n) is 1.95. The summed E-state index contributed by atoms with van der Waals surface area (Å²) >= 11 is 4.61. The van der Waals surface area contributed by atoms with E-state index in [-0.39, 0.29) is 17.3 Å². The van der Waals surface area contributed by atoms with E-state index >= 15 is 0 Å². The van der Waals surface area contributed by atoms with Crippen LogP contribution in [0.2, 0.25) is 0 Å². The minimum absolute atomic E-state index is 0.0978. The molecule has 1 heterocycles. The predicted octanol–water partition coefficient (Wildman–Crippen LogP) is -0.185. The van der Waals surface area contributed by atoms with Gasteiger partial charge in [-0.3, -0.25) is 4.79 Å². The lowest BCUT2D eigenvalue weighted by atomic mass is 10.1. The molecule has 3 N–H and O–H groups in total. The number of nitrogens with one attached hydrogen (secondary N) is 1. The molecule has 0 aliphatic carbocycles. The predicted molar refractivity (Wildman–Crippen MR) is 53.3 cm³/mol. The van der Waals surface area contributed by atoms with E-state index in [1.165, 1.54) is 0 Å². The highest BCUT2D eigenvalue weighted by Crippen LogP contribution is 2.10. The maximum atomic E-state index is 11.1. The van der Waals surface area contributed by atoms with Gasteiger partial charge in [-0.05, 0) is 6.42 Å². The number of carbonyl (C=O) groups excluding carboxylic acids is 1. The van der Waals surface area contributed by atoms with E-state index < -0.39 is 0 Å². The summed E-state index contributed by atoms with van der Waals surface area (Å²) in [5.41, 5.74) is 5.22. The van der Waals surface area contributed by atoms with Crippen LogP contribution >= 0.6 is 12.2 Å². The molecule has 0 bridgehead atoms. The molecule has 5 heteroatoms. The Balaban J connectivity index is 2.10. The first-order valence-corrected chi connectivity index (χ1v) is 4.72. The Labute approximate surface area is 82.8 Å². The van der Waals surface area contributed by atoms with Gasteiger partial charge in [0.25, 0.3) is 0 Å². The zero-order valence-corrected chi connectivity index (χ0v) is 8.23. The molecule has 0 radical (unpaired) electrons. The molecule has 13 heavy (non-hydrogen) atoms. The average molecular weight is 202 g/mol. The fraction of sp³-hybridized carbons (Fsp3) is 0.750. The van der Waals surface area contributed by atoms with Crippen LogP contribution in [0.25, 0.3) is 0 Å². The summed E-state index contributed by atoms with van der Waals surface area (Å²) in [7, 11) is 0. The standard InChI is InChI=1S/C8H14N2O2S/c9-7(13)3-8(11)10-4-6-1-2-12-5-6/h6H,1-5H2,(H2,9,13)(H,10,11). The second-order valence-electron chi connectivity index (χ2n) is 3.18. The average Bonchev–Trinajstić information content (AvgIpc) is 2.51. The first-order valence-electron chi connectivity index (χ1n) is 4.31. The Morgan fingerprint density at radius 1 is 1.69 bits per heavy atom. The highest BCUT2D eigenvalue weighted by molar-refractivity contribution is 7.80. The number of nitrogens with two attached hydrogens (primary N) is 1. The normalized spacial score (nSPS) is 21.4. The van der Waals surface area contributed by atoms with Crippen molar-refractivity contribution in [3.8, 4) is 0 Å². The van der Waals surface area contributed by atoms with Crippen molar-refractivity contribution in [2.75, 3.05) is 19.8 Å². The zero-order valence-electron chi connectivity index (χ0n) is 7.41. The molecule has 0 aromatic carbocycles. The van der Waals surface area contributed by atoms with E-state index in [0.29, 0.717) is 12.5 Å². The van der Waals surface area contributed by atoms with Crippen LogP contribution in [0.3, 0.4) is 0 Å². The number of ether oxygens (including phenoxy) is 1. The Kier molecular flexibility index (Phi) is 4.11. The van der Waals surface area contributed by atoms with Gasteiger partial charge in [0.05, 0.1) is 18.0 Å². The maximum absolute atomic E-state index is 11.1. The molecule has 1 rings (SSSR count). The first-order chi connectivity index (χ1) is 6.18. The van der Waals surface area contributed by atoms with Crippen molar-refractivity contribution in [2.24, 2.45) is 11.7 Å². The summed E-state index contributed by atoms with van der Waals surface area (Å²) in [6, 6.07) is 0. The lowest BCUT2D eigenvalue weighted by Crippen LogP contribution is -2.32. The molecule has 1 saturated heterocycles. The van der Waals surface area contributed by atoms with Gasteiger partial charge < -0.3 is 15.8 Å². The van der Waals surface area contributed by atoms with Crippen LogP contribution in [0.5, 0.6) is 0 Å². The SMILES string of the molecule is NC(=S)CC(=O)NCC1CCOC1. The Morgan fingerprint density at radius 2 is 2.46 bits per heavy atom. The highest BCUT2D eigenvalue weighted by Gasteiger charge is 2.16. The smallest absolute Gasteiger partial charge is 0.226 e. The molecule has 1 amide bonds. The van der Waals surface area contributed by atoms with Gasteiger partial charge in [-0.1, -0.05) is 12.2 Å². The summed E-state index contributed by atoms with van der Waals surface area (Å²) in [6.07, 6.45) is 1.16. The molecular weight excluding hydrogens is 188 g/mol. The number of amides is 1. The van der Waals surface area contributed by atoms with Crippen LogP contribution in [0, 0.1) is 5.92 Å². The van der Waals surface area contributed by atoms with Gasteiger partial charge >= 0.3 is 0 Å². The van der Waals surface area contributed by atoms with Crippen molar-refractivity contribution < 1.29 is 9.53 Å². The lowest BCUT2D eigenvalue weighted by Gasteiger charge is -2.08. The van der Waals surface area contributed by atoms with Gasteiger partial charge in [0.15, 0.2) is 0 Å². The zero-order chi connectivity index (χ0) is 9.68. The van der Waals surface area contributed by atoms with Crippen LogP contribution in [0.1, 0.15) is 12.8 Å². The largest absolute Gasteiger partial charge is 0.393 e. The summed E-state index contributed by atoms with van der Waals surface area (Å²) < 4.78 is 5.17. The van der Waals surface area contributed by atoms with Gasteiger partial charge in [-0.15, -0.1) is 0 Å². The highest BCUT2D eigenvalue weighted by atomic mass is 32.1. The van der Waals surface area contributed by atoms with Crippen LogP contribution in [-0.2, 0) is 9.53 Å².